The number of anilines is 1. The number of methoxy groups -OCH3 is 2. The smallest absolute Gasteiger partial charge is 0.256 e. The highest BCUT2D eigenvalue weighted by Gasteiger charge is 2.22. The number of nitrogens with zero attached hydrogens (tertiary/aromatic N) is 3. The third kappa shape index (κ3) is 4.59. The zero-order chi connectivity index (χ0) is 21.8. The number of carbonyl (C=O) groups excluding carboxylic acids is 1. The minimum absolute atomic E-state index is 0.0308. The molecule has 1 N–H and O–H groups in total. The van der Waals surface area contributed by atoms with Gasteiger partial charge in [0.05, 0.1) is 31.9 Å². The molecule has 0 atom stereocenters. The average molecular weight is 443 g/mol. The van der Waals surface area contributed by atoms with Crippen LogP contribution in [0.4, 0.5) is 5.69 Å². The number of aromatic nitrogens is 2. The van der Waals surface area contributed by atoms with E-state index in [1.807, 2.05) is 11.0 Å². The van der Waals surface area contributed by atoms with E-state index in [1.165, 1.54) is 0 Å². The molecule has 1 fully saturated rings. The van der Waals surface area contributed by atoms with E-state index in [9.17, 15) is 4.79 Å². The van der Waals surface area contributed by atoms with Crippen molar-refractivity contribution in [1.82, 2.24) is 15.0 Å². The van der Waals surface area contributed by atoms with Gasteiger partial charge in [0.15, 0.2) is 0 Å². The van der Waals surface area contributed by atoms with Gasteiger partial charge in [0.2, 0.25) is 11.7 Å². The first-order chi connectivity index (χ1) is 15.1. The quantitative estimate of drug-likeness (QED) is 0.584. The minimum Gasteiger partial charge on any atom is -0.497 e. The Morgan fingerprint density at radius 3 is 2.71 bits per heavy atom. The maximum atomic E-state index is 12.9. The molecule has 4 rings (SSSR count). The maximum Gasteiger partial charge on any atom is 0.256 e. The van der Waals surface area contributed by atoms with Gasteiger partial charge in [0.25, 0.3) is 5.91 Å². The second kappa shape index (κ2) is 9.26. The van der Waals surface area contributed by atoms with E-state index < -0.39 is 0 Å². The number of hydrogen-bond acceptors (Lipinski definition) is 7. The third-order valence-corrected chi connectivity index (χ3v) is 5.39. The van der Waals surface area contributed by atoms with E-state index in [1.54, 1.807) is 44.6 Å². The van der Waals surface area contributed by atoms with Crippen LogP contribution in [0.2, 0.25) is 5.02 Å². The summed E-state index contributed by atoms with van der Waals surface area (Å²) in [7, 11) is 3.16. The van der Waals surface area contributed by atoms with Gasteiger partial charge in [-0.05, 0) is 43.2 Å². The average Bonchev–Trinajstić information content (AvgIpc) is 3.49. The first-order valence-electron chi connectivity index (χ1n) is 9.96. The largest absolute Gasteiger partial charge is 0.497 e. The van der Waals surface area contributed by atoms with Crippen LogP contribution in [0.1, 0.15) is 29.1 Å². The van der Waals surface area contributed by atoms with Crippen LogP contribution in [0, 0.1) is 0 Å². The highest BCUT2D eigenvalue weighted by Crippen LogP contribution is 2.31. The predicted octanol–water partition coefficient (Wildman–Crippen LogP) is 4.26. The van der Waals surface area contributed by atoms with Crippen molar-refractivity contribution >= 4 is 23.2 Å². The number of amides is 1. The van der Waals surface area contributed by atoms with Crippen LogP contribution in [0.15, 0.2) is 40.9 Å². The molecule has 2 aromatic carbocycles. The molecule has 0 radical (unpaired) electrons. The van der Waals surface area contributed by atoms with Gasteiger partial charge in [-0.25, -0.2) is 0 Å². The highest BCUT2D eigenvalue weighted by atomic mass is 35.5. The molecule has 9 heteroatoms. The lowest BCUT2D eigenvalue weighted by Crippen LogP contribution is -2.28. The van der Waals surface area contributed by atoms with Crippen molar-refractivity contribution in [3.8, 4) is 22.9 Å². The van der Waals surface area contributed by atoms with Crippen molar-refractivity contribution in [3.05, 3.63) is 52.9 Å². The molecule has 8 nitrogen and oxygen atoms in total. The Hall–Kier alpha value is -3.26. The summed E-state index contributed by atoms with van der Waals surface area (Å²) in [5.41, 5.74) is 1.89. The van der Waals surface area contributed by atoms with E-state index in [-0.39, 0.29) is 12.5 Å². The number of hydrogen-bond donors (Lipinski definition) is 1. The first-order valence-corrected chi connectivity index (χ1v) is 10.3. The molecule has 1 amide bonds. The minimum atomic E-state index is -0.0308. The number of benzene rings is 2. The second-order valence-corrected chi connectivity index (χ2v) is 7.56. The summed E-state index contributed by atoms with van der Waals surface area (Å²) in [5, 5.41) is 7.79. The van der Waals surface area contributed by atoms with Crippen LogP contribution >= 0.6 is 11.6 Å². The van der Waals surface area contributed by atoms with Gasteiger partial charge in [0.1, 0.15) is 11.5 Å². The Balaban J connectivity index is 1.51. The summed E-state index contributed by atoms with van der Waals surface area (Å²) in [4.78, 5) is 19.2. The van der Waals surface area contributed by atoms with E-state index in [2.05, 4.69) is 15.5 Å². The van der Waals surface area contributed by atoms with Gasteiger partial charge in [-0.15, -0.1) is 0 Å². The molecule has 0 spiro atoms. The number of halogens is 1. The van der Waals surface area contributed by atoms with Gasteiger partial charge in [0, 0.05) is 29.9 Å². The lowest BCUT2D eigenvalue weighted by Gasteiger charge is -2.18. The molecule has 0 aliphatic carbocycles. The van der Waals surface area contributed by atoms with E-state index in [0.29, 0.717) is 45.1 Å². The van der Waals surface area contributed by atoms with E-state index in [0.717, 1.165) is 25.9 Å². The summed E-state index contributed by atoms with van der Waals surface area (Å²) >= 11 is 6.15. The molecule has 3 aromatic rings. The molecule has 1 aromatic heterocycles. The molecular formula is C22H23ClN4O4. The van der Waals surface area contributed by atoms with Crippen LogP contribution in [-0.2, 0) is 6.54 Å². The topological polar surface area (TPSA) is 89.7 Å². The monoisotopic (exact) mass is 442 g/mol. The SMILES string of the molecule is COc1ccc(-c2noc(CNc3ccc(Cl)cc3C(=O)N3CCCC3)n2)c(OC)c1. The fourth-order valence-electron chi connectivity index (χ4n) is 3.53. The zero-order valence-corrected chi connectivity index (χ0v) is 18.1. The molecule has 31 heavy (non-hydrogen) atoms. The fourth-order valence-corrected chi connectivity index (χ4v) is 3.70. The summed E-state index contributed by atoms with van der Waals surface area (Å²) in [6.45, 7) is 1.79. The van der Waals surface area contributed by atoms with E-state index in [4.69, 9.17) is 25.6 Å². The lowest BCUT2D eigenvalue weighted by molar-refractivity contribution is 0.0793. The third-order valence-electron chi connectivity index (χ3n) is 5.15. The number of rotatable bonds is 7. The normalized spacial score (nSPS) is 13.3. The maximum absolute atomic E-state index is 12.9. The number of likely N-dealkylation sites (tertiary alicyclic amines) is 1. The molecule has 162 valence electrons. The van der Waals surface area contributed by atoms with Crippen molar-refractivity contribution < 1.29 is 18.8 Å². The van der Waals surface area contributed by atoms with Gasteiger partial charge < -0.3 is 24.2 Å². The lowest BCUT2D eigenvalue weighted by atomic mass is 10.1. The molecule has 0 saturated carbocycles. The second-order valence-electron chi connectivity index (χ2n) is 7.12. The molecule has 0 bridgehead atoms. The van der Waals surface area contributed by atoms with Crippen molar-refractivity contribution in [2.75, 3.05) is 32.6 Å². The Morgan fingerprint density at radius 2 is 1.97 bits per heavy atom. The van der Waals surface area contributed by atoms with Crippen LogP contribution in [-0.4, -0.2) is 48.3 Å². The summed E-state index contributed by atoms with van der Waals surface area (Å²) in [5.74, 6) is 2.00. The highest BCUT2D eigenvalue weighted by molar-refractivity contribution is 6.31. The Bertz CT molecular complexity index is 1080. The van der Waals surface area contributed by atoms with Gasteiger partial charge >= 0.3 is 0 Å². The van der Waals surface area contributed by atoms with Crippen molar-refractivity contribution in [2.24, 2.45) is 0 Å². The summed E-state index contributed by atoms with van der Waals surface area (Å²) in [6, 6.07) is 10.6. The Morgan fingerprint density at radius 1 is 1.16 bits per heavy atom. The molecule has 1 aliphatic rings. The van der Waals surface area contributed by atoms with Crippen LogP contribution in [0.25, 0.3) is 11.4 Å². The fraction of sp³-hybridized carbons (Fsp3) is 0.318. The van der Waals surface area contributed by atoms with Crippen molar-refractivity contribution in [1.29, 1.82) is 0 Å². The molecule has 0 unspecified atom stereocenters. The van der Waals surface area contributed by atoms with Gasteiger partial charge in [-0.2, -0.15) is 4.98 Å². The standard InChI is InChI=1S/C22H23ClN4O4/c1-29-15-6-7-16(19(12-15)30-2)21-25-20(31-26-21)13-24-18-8-5-14(23)11-17(18)22(28)27-9-3-4-10-27/h5-8,11-12,24H,3-4,9-10,13H2,1-2H3. The van der Waals surface area contributed by atoms with Gasteiger partial charge in [-0.3, -0.25) is 4.79 Å². The van der Waals surface area contributed by atoms with Crippen molar-refractivity contribution in [3.63, 3.8) is 0 Å². The summed E-state index contributed by atoms with van der Waals surface area (Å²) in [6.07, 6.45) is 2.04. The number of ether oxygens (including phenoxy) is 2. The zero-order valence-electron chi connectivity index (χ0n) is 17.4. The number of carbonyl (C=O) groups is 1. The number of nitrogens with one attached hydrogen (secondary N) is 1. The molecule has 2 heterocycles. The molecule has 1 saturated heterocycles. The van der Waals surface area contributed by atoms with Crippen LogP contribution in [0.5, 0.6) is 11.5 Å². The summed E-state index contributed by atoms with van der Waals surface area (Å²) < 4.78 is 16.0. The van der Waals surface area contributed by atoms with Crippen LogP contribution < -0.4 is 14.8 Å². The van der Waals surface area contributed by atoms with Crippen LogP contribution in [0.3, 0.4) is 0 Å². The Labute approximate surface area is 185 Å². The van der Waals surface area contributed by atoms with Crippen molar-refractivity contribution in [2.45, 2.75) is 19.4 Å². The predicted molar refractivity (Wildman–Crippen MR) is 117 cm³/mol. The van der Waals surface area contributed by atoms with Gasteiger partial charge in [-0.1, -0.05) is 16.8 Å². The first kappa shape index (κ1) is 21.0. The molecule has 1 aliphatic heterocycles. The molecular weight excluding hydrogens is 420 g/mol. The Kier molecular flexibility index (Phi) is 6.27. The van der Waals surface area contributed by atoms with E-state index >= 15 is 0 Å².